The van der Waals surface area contributed by atoms with Crippen LogP contribution in [0.5, 0.6) is 0 Å². The number of imidazole rings is 1. The highest BCUT2D eigenvalue weighted by molar-refractivity contribution is 5.90. The van der Waals surface area contributed by atoms with Gasteiger partial charge in [0, 0.05) is 12.6 Å². The molecule has 0 bridgehead atoms. The summed E-state index contributed by atoms with van der Waals surface area (Å²) in [4.78, 5) is 28.5. The van der Waals surface area contributed by atoms with Crippen LogP contribution in [-0.4, -0.2) is 34.2 Å². The lowest BCUT2D eigenvalue weighted by Crippen LogP contribution is -2.21. The Morgan fingerprint density at radius 2 is 1.91 bits per heavy atom. The molecule has 32 heavy (non-hydrogen) atoms. The van der Waals surface area contributed by atoms with Gasteiger partial charge in [-0.25, -0.2) is 15.2 Å². The number of ether oxygens (including phenoxy) is 1. The molecule has 0 unspecified atom stereocenters. The first-order valence-electron chi connectivity index (χ1n) is 10.1. The van der Waals surface area contributed by atoms with Crippen LogP contribution in [0, 0.1) is 0 Å². The summed E-state index contributed by atoms with van der Waals surface area (Å²) < 4.78 is 12.6. The van der Waals surface area contributed by atoms with E-state index in [0.29, 0.717) is 29.5 Å². The molecule has 162 valence electrons. The van der Waals surface area contributed by atoms with Gasteiger partial charge >= 0.3 is 5.97 Å². The molecule has 0 radical (unpaired) electrons. The van der Waals surface area contributed by atoms with Gasteiger partial charge in [-0.05, 0) is 43.3 Å². The molecule has 0 saturated carbocycles. The fraction of sp³-hybridized carbons (Fsp3) is 0.167. The number of amides is 1. The Hall–Kier alpha value is -4.20. The van der Waals surface area contributed by atoms with Crippen molar-refractivity contribution in [1.29, 1.82) is 0 Å². The highest BCUT2D eigenvalue weighted by atomic mass is 16.5. The van der Waals surface area contributed by atoms with Crippen molar-refractivity contribution in [3.05, 3.63) is 77.8 Å². The molecule has 8 heteroatoms. The average Bonchev–Trinajstić information content (AvgIpc) is 3.39. The normalized spacial score (nSPS) is 11.2. The smallest absolute Gasteiger partial charge is 0.338 e. The molecular weight excluding hydrogens is 408 g/mol. The summed E-state index contributed by atoms with van der Waals surface area (Å²) in [6.07, 6.45) is 1.54. The van der Waals surface area contributed by atoms with Gasteiger partial charge in [0.1, 0.15) is 17.3 Å². The van der Waals surface area contributed by atoms with Crippen molar-refractivity contribution < 1.29 is 18.7 Å². The number of fused-ring (bicyclic) bond motifs is 1. The summed E-state index contributed by atoms with van der Waals surface area (Å²) in [5.41, 5.74) is 5.60. The van der Waals surface area contributed by atoms with E-state index in [1.165, 1.54) is 6.21 Å². The van der Waals surface area contributed by atoms with Crippen molar-refractivity contribution in [2.24, 2.45) is 12.1 Å². The molecule has 0 fully saturated rings. The van der Waals surface area contributed by atoms with Crippen LogP contribution in [0.4, 0.5) is 0 Å². The number of carbonyl (C=O) groups is 2. The lowest BCUT2D eigenvalue weighted by molar-refractivity contribution is -0.120. The number of hydrazone groups is 1. The van der Waals surface area contributed by atoms with Crippen LogP contribution in [0.15, 0.2) is 70.2 Å². The number of furan rings is 1. The summed E-state index contributed by atoms with van der Waals surface area (Å²) in [7, 11) is 1.88. The fourth-order valence-electron chi connectivity index (χ4n) is 3.27. The molecular formula is C24H22N4O4. The second kappa shape index (κ2) is 9.30. The number of benzene rings is 2. The molecule has 2 heterocycles. The Morgan fingerprint density at radius 1 is 1.12 bits per heavy atom. The Bertz CT molecular complexity index is 1290. The zero-order valence-electron chi connectivity index (χ0n) is 17.7. The Kier molecular flexibility index (Phi) is 6.12. The van der Waals surface area contributed by atoms with Crippen LogP contribution < -0.4 is 5.43 Å². The van der Waals surface area contributed by atoms with E-state index in [9.17, 15) is 9.59 Å². The average molecular weight is 430 g/mol. The first kappa shape index (κ1) is 21.0. The van der Waals surface area contributed by atoms with Crippen LogP contribution in [0.3, 0.4) is 0 Å². The van der Waals surface area contributed by atoms with E-state index in [-0.39, 0.29) is 18.3 Å². The summed E-state index contributed by atoms with van der Waals surface area (Å²) >= 11 is 0. The minimum atomic E-state index is -0.360. The molecule has 4 rings (SSSR count). The maximum atomic E-state index is 12.2. The van der Waals surface area contributed by atoms with E-state index in [1.54, 1.807) is 43.3 Å². The molecule has 2 aromatic heterocycles. The number of carbonyl (C=O) groups excluding carboxylic acids is 2. The Morgan fingerprint density at radius 3 is 2.66 bits per heavy atom. The van der Waals surface area contributed by atoms with E-state index in [2.05, 4.69) is 15.5 Å². The van der Waals surface area contributed by atoms with Crippen LogP contribution in [0.1, 0.15) is 28.9 Å². The number of hydrogen-bond acceptors (Lipinski definition) is 6. The number of esters is 1. The highest BCUT2D eigenvalue weighted by Crippen LogP contribution is 2.22. The number of aryl methyl sites for hydroxylation is 1. The van der Waals surface area contributed by atoms with Crippen LogP contribution in [0.2, 0.25) is 0 Å². The van der Waals surface area contributed by atoms with Gasteiger partial charge in [0.15, 0.2) is 0 Å². The van der Waals surface area contributed by atoms with Gasteiger partial charge in [0.05, 0.1) is 35.8 Å². The SMILES string of the molecule is CCOC(=O)c1ccc(-c2ccc(C=NNC(=O)Cc3nc4ccccc4n3C)o2)cc1. The third-order valence-electron chi connectivity index (χ3n) is 4.89. The van der Waals surface area contributed by atoms with Gasteiger partial charge in [0.25, 0.3) is 0 Å². The monoisotopic (exact) mass is 430 g/mol. The third-order valence-corrected chi connectivity index (χ3v) is 4.89. The molecule has 0 aliphatic heterocycles. The van der Waals surface area contributed by atoms with E-state index < -0.39 is 0 Å². The zero-order valence-corrected chi connectivity index (χ0v) is 17.7. The largest absolute Gasteiger partial charge is 0.462 e. The second-order valence-corrected chi connectivity index (χ2v) is 7.05. The van der Waals surface area contributed by atoms with E-state index >= 15 is 0 Å². The summed E-state index contributed by atoms with van der Waals surface area (Å²) in [6, 6.07) is 18.2. The van der Waals surface area contributed by atoms with E-state index in [0.717, 1.165) is 16.6 Å². The topological polar surface area (TPSA) is 98.7 Å². The number of rotatable bonds is 7. The van der Waals surface area contributed by atoms with Gasteiger partial charge in [-0.1, -0.05) is 24.3 Å². The lowest BCUT2D eigenvalue weighted by atomic mass is 10.1. The van der Waals surface area contributed by atoms with Gasteiger partial charge in [-0.2, -0.15) is 5.10 Å². The van der Waals surface area contributed by atoms with Crippen molar-refractivity contribution in [3.8, 4) is 11.3 Å². The van der Waals surface area contributed by atoms with Crippen molar-refractivity contribution in [2.75, 3.05) is 6.61 Å². The summed E-state index contributed by atoms with van der Waals surface area (Å²) in [5, 5.41) is 3.97. The van der Waals surface area contributed by atoms with E-state index in [4.69, 9.17) is 9.15 Å². The molecule has 0 spiro atoms. The maximum absolute atomic E-state index is 12.2. The zero-order chi connectivity index (χ0) is 22.5. The van der Waals surface area contributed by atoms with Gasteiger partial charge < -0.3 is 13.7 Å². The molecule has 2 aromatic carbocycles. The highest BCUT2D eigenvalue weighted by Gasteiger charge is 2.11. The minimum Gasteiger partial charge on any atom is -0.462 e. The predicted octanol–water partition coefficient (Wildman–Crippen LogP) is 3.70. The van der Waals surface area contributed by atoms with Crippen LogP contribution in [0.25, 0.3) is 22.4 Å². The molecule has 1 amide bonds. The number of aromatic nitrogens is 2. The van der Waals surface area contributed by atoms with Crippen molar-refractivity contribution in [3.63, 3.8) is 0 Å². The molecule has 0 aliphatic rings. The van der Waals surface area contributed by atoms with Crippen LogP contribution >= 0.6 is 0 Å². The molecule has 8 nitrogen and oxygen atoms in total. The van der Waals surface area contributed by atoms with Gasteiger partial charge in [-0.3, -0.25) is 4.79 Å². The number of para-hydroxylation sites is 2. The minimum absolute atomic E-state index is 0.110. The maximum Gasteiger partial charge on any atom is 0.338 e. The molecule has 1 N–H and O–H groups in total. The summed E-state index contributed by atoms with van der Waals surface area (Å²) in [6.45, 7) is 2.09. The first-order valence-corrected chi connectivity index (χ1v) is 10.1. The quantitative estimate of drug-likeness (QED) is 0.274. The molecule has 4 aromatic rings. The fourth-order valence-corrected chi connectivity index (χ4v) is 3.27. The van der Waals surface area contributed by atoms with Crippen molar-refractivity contribution in [2.45, 2.75) is 13.3 Å². The lowest BCUT2D eigenvalue weighted by Gasteiger charge is -2.02. The Balaban J connectivity index is 1.36. The number of hydrogen-bond donors (Lipinski definition) is 1. The standard InChI is InChI=1S/C24H22N4O4/c1-3-31-24(30)17-10-8-16(9-11-17)21-13-12-18(32-21)15-25-27-23(29)14-22-26-19-6-4-5-7-20(19)28(22)2/h4-13,15H,3,14H2,1-2H3,(H,27,29). The van der Waals surface area contributed by atoms with Crippen LogP contribution in [-0.2, 0) is 23.0 Å². The van der Waals surface area contributed by atoms with Crippen molar-refractivity contribution in [1.82, 2.24) is 15.0 Å². The number of nitrogens with one attached hydrogen (secondary N) is 1. The molecule has 0 atom stereocenters. The van der Waals surface area contributed by atoms with Crippen molar-refractivity contribution >= 4 is 29.1 Å². The molecule has 0 saturated heterocycles. The van der Waals surface area contributed by atoms with Gasteiger partial charge in [0.2, 0.25) is 5.91 Å². The predicted molar refractivity (Wildman–Crippen MR) is 120 cm³/mol. The number of nitrogens with zero attached hydrogens (tertiary/aromatic N) is 3. The third kappa shape index (κ3) is 4.59. The summed E-state index contributed by atoms with van der Waals surface area (Å²) in [5.74, 6) is 1.12. The first-order chi connectivity index (χ1) is 15.5. The van der Waals surface area contributed by atoms with E-state index in [1.807, 2.05) is 35.9 Å². The Labute approximate surface area is 184 Å². The van der Waals surface area contributed by atoms with Gasteiger partial charge in [-0.15, -0.1) is 0 Å². The second-order valence-electron chi connectivity index (χ2n) is 7.05. The molecule has 0 aliphatic carbocycles.